The molecule has 1 unspecified atom stereocenters. The maximum Gasteiger partial charge on any atom is 0.317 e. The summed E-state index contributed by atoms with van der Waals surface area (Å²) in [5, 5.41) is 8.89. The van der Waals surface area contributed by atoms with Crippen LogP contribution in [0.1, 0.15) is 30.9 Å². The number of hydrogen-bond acceptors (Lipinski definition) is 2. The van der Waals surface area contributed by atoms with Gasteiger partial charge in [-0.15, -0.1) is 0 Å². The van der Waals surface area contributed by atoms with Crippen LogP contribution in [0.3, 0.4) is 0 Å². The summed E-state index contributed by atoms with van der Waals surface area (Å²) in [6.07, 6.45) is 1.08. The largest absolute Gasteiger partial charge is 0.480 e. The van der Waals surface area contributed by atoms with E-state index < -0.39 is 5.97 Å². The normalized spacial score (nSPS) is 18.0. The Morgan fingerprint density at radius 2 is 2.18 bits per heavy atom. The van der Waals surface area contributed by atoms with Gasteiger partial charge < -0.3 is 5.11 Å². The first kappa shape index (κ1) is 12.1. The average Bonchev–Trinajstić information content (AvgIpc) is 2.23. The van der Waals surface area contributed by atoms with Gasteiger partial charge in [0, 0.05) is 18.5 Å². The molecule has 0 spiro atoms. The van der Waals surface area contributed by atoms with Crippen molar-refractivity contribution in [2.75, 3.05) is 13.1 Å². The van der Waals surface area contributed by atoms with Gasteiger partial charge in [0.2, 0.25) is 0 Å². The van der Waals surface area contributed by atoms with E-state index in [0.29, 0.717) is 5.92 Å². The van der Waals surface area contributed by atoms with Crippen molar-refractivity contribution in [3.8, 4) is 0 Å². The van der Waals surface area contributed by atoms with E-state index in [2.05, 4.69) is 24.3 Å². The van der Waals surface area contributed by atoms with Gasteiger partial charge in [-0.25, -0.2) is 0 Å². The highest BCUT2D eigenvalue weighted by Gasteiger charge is 2.28. The van der Waals surface area contributed by atoms with Crippen molar-refractivity contribution in [3.63, 3.8) is 0 Å². The smallest absolute Gasteiger partial charge is 0.317 e. The van der Waals surface area contributed by atoms with E-state index in [-0.39, 0.29) is 12.6 Å². The van der Waals surface area contributed by atoms with Crippen LogP contribution in [-0.2, 0) is 11.2 Å². The van der Waals surface area contributed by atoms with Crippen molar-refractivity contribution >= 4 is 5.97 Å². The molecule has 92 valence electrons. The van der Waals surface area contributed by atoms with E-state index >= 15 is 0 Å². The van der Waals surface area contributed by atoms with Crippen LogP contribution in [0.5, 0.6) is 0 Å². The molecule has 1 aliphatic carbocycles. The third-order valence-electron chi connectivity index (χ3n) is 3.48. The summed E-state index contributed by atoms with van der Waals surface area (Å²) in [5.41, 5.74) is 2.81. The van der Waals surface area contributed by atoms with Crippen LogP contribution in [0, 0.1) is 0 Å². The molecule has 0 saturated carbocycles. The Balaban J connectivity index is 1.99. The molecule has 1 aromatic rings. The number of rotatable bonds is 5. The Kier molecular flexibility index (Phi) is 3.48. The summed E-state index contributed by atoms with van der Waals surface area (Å²) in [6, 6.07) is 8.71. The maximum atomic E-state index is 10.8. The van der Waals surface area contributed by atoms with E-state index in [9.17, 15) is 4.79 Å². The van der Waals surface area contributed by atoms with E-state index in [1.807, 2.05) is 18.7 Å². The molecule has 0 aliphatic heterocycles. The summed E-state index contributed by atoms with van der Waals surface area (Å²) in [7, 11) is 0. The maximum absolute atomic E-state index is 10.8. The van der Waals surface area contributed by atoms with Crippen molar-refractivity contribution < 1.29 is 9.90 Å². The number of nitrogens with zero attached hydrogens (tertiary/aromatic N) is 1. The molecule has 0 radical (unpaired) electrons. The van der Waals surface area contributed by atoms with Crippen LogP contribution >= 0.6 is 0 Å². The molecule has 1 N–H and O–H groups in total. The molecular formula is C14H19NO2. The van der Waals surface area contributed by atoms with Gasteiger partial charge in [-0.2, -0.15) is 0 Å². The Morgan fingerprint density at radius 1 is 1.47 bits per heavy atom. The first-order valence-corrected chi connectivity index (χ1v) is 6.11. The van der Waals surface area contributed by atoms with Gasteiger partial charge in [-0.3, -0.25) is 9.69 Å². The second-order valence-corrected chi connectivity index (χ2v) is 5.02. The lowest BCUT2D eigenvalue weighted by Gasteiger charge is -2.36. The molecule has 0 amide bonds. The molecule has 0 aromatic heterocycles. The Bertz CT molecular complexity index is 414. The second-order valence-electron chi connectivity index (χ2n) is 5.02. The summed E-state index contributed by atoms with van der Waals surface area (Å²) in [5.74, 6) is -0.237. The second kappa shape index (κ2) is 4.88. The number of carboxylic acid groups (broad SMARTS) is 1. The highest BCUT2D eigenvalue weighted by molar-refractivity contribution is 5.69. The van der Waals surface area contributed by atoms with Gasteiger partial charge >= 0.3 is 5.97 Å². The fraction of sp³-hybridized carbons (Fsp3) is 0.500. The highest BCUT2D eigenvalue weighted by atomic mass is 16.4. The Labute approximate surface area is 102 Å². The van der Waals surface area contributed by atoms with Gasteiger partial charge in [-0.05, 0) is 31.4 Å². The van der Waals surface area contributed by atoms with Gasteiger partial charge in [0.25, 0.3) is 0 Å². The quantitative estimate of drug-likeness (QED) is 0.847. The molecule has 3 nitrogen and oxygen atoms in total. The number of fused-ring (bicyclic) bond motifs is 1. The number of benzene rings is 1. The number of hydrogen-bond donors (Lipinski definition) is 1. The molecule has 1 aromatic carbocycles. The van der Waals surface area contributed by atoms with Crippen LogP contribution in [0.2, 0.25) is 0 Å². The third kappa shape index (κ3) is 2.67. The molecule has 2 rings (SSSR count). The number of carboxylic acids is 1. The van der Waals surface area contributed by atoms with E-state index in [1.54, 1.807) is 0 Å². The van der Waals surface area contributed by atoms with Crippen LogP contribution < -0.4 is 0 Å². The average molecular weight is 233 g/mol. The van der Waals surface area contributed by atoms with Crippen LogP contribution in [0.25, 0.3) is 0 Å². The van der Waals surface area contributed by atoms with Crippen molar-refractivity contribution in [1.82, 2.24) is 4.90 Å². The minimum atomic E-state index is -0.744. The summed E-state index contributed by atoms with van der Waals surface area (Å²) < 4.78 is 0. The molecule has 1 aliphatic rings. The Morgan fingerprint density at radius 3 is 2.76 bits per heavy atom. The molecule has 0 heterocycles. The summed E-state index contributed by atoms with van der Waals surface area (Å²) in [6.45, 7) is 5.08. The summed E-state index contributed by atoms with van der Waals surface area (Å²) >= 11 is 0. The fourth-order valence-electron chi connectivity index (χ4n) is 2.44. The zero-order chi connectivity index (χ0) is 12.4. The lowest BCUT2D eigenvalue weighted by molar-refractivity contribution is -0.138. The molecule has 17 heavy (non-hydrogen) atoms. The van der Waals surface area contributed by atoms with Gasteiger partial charge in [0.1, 0.15) is 0 Å². The lowest BCUT2D eigenvalue weighted by Crippen LogP contribution is -2.40. The third-order valence-corrected chi connectivity index (χ3v) is 3.48. The van der Waals surface area contributed by atoms with E-state index in [1.165, 1.54) is 11.1 Å². The number of aliphatic carboxylic acids is 1. The highest BCUT2D eigenvalue weighted by Crippen LogP contribution is 2.35. The number of carbonyl (C=O) groups is 1. The van der Waals surface area contributed by atoms with Crippen LogP contribution in [0.15, 0.2) is 24.3 Å². The van der Waals surface area contributed by atoms with Crippen LogP contribution in [-0.4, -0.2) is 35.1 Å². The van der Waals surface area contributed by atoms with Crippen molar-refractivity contribution in [2.24, 2.45) is 0 Å². The van der Waals surface area contributed by atoms with Gasteiger partial charge in [-0.1, -0.05) is 24.3 Å². The first-order valence-electron chi connectivity index (χ1n) is 6.11. The topological polar surface area (TPSA) is 40.5 Å². The van der Waals surface area contributed by atoms with Crippen molar-refractivity contribution in [3.05, 3.63) is 35.4 Å². The van der Waals surface area contributed by atoms with Crippen molar-refractivity contribution in [2.45, 2.75) is 32.2 Å². The molecule has 1 atom stereocenters. The van der Waals surface area contributed by atoms with Gasteiger partial charge in [0.15, 0.2) is 0 Å². The van der Waals surface area contributed by atoms with Gasteiger partial charge in [0.05, 0.1) is 6.54 Å². The minimum Gasteiger partial charge on any atom is -0.480 e. The molecule has 0 fully saturated rings. The predicted octanol–water partition coefficient (Wildman–Crippen LogP) is 2.12. The summed E-state index contributed by atoms with van der Waals surface area (Å²) in [4.78, 5) is 12.8. The predicted molar refractivity (Wildman–Crippen MR) is 67.2 cm³/mol. The molecule has 3 heteroatoms. The van der Waals surface area contributed by atoms with Crippen molar-refractivity contribution in [1.29, 1.82) is 0 Å². The fourth-order valence-corrected chi connectivity index (χ4v) is 2.44. The zero-order valence-electron chi connectivity index (χ0n) is 10.4. The molecule has 0 bridgehead atoms. The van der Waals surface area contributed by atoms with E-state index in [4.69, 9.17) is 5.11 Å². The van der Waals surface area contributed by atoms with E-state index in [0.717, 1.165) is 13.0 Å². The minimum absolute atomic E-state index is 0.135. The lowest BCUT2D eigenvalue weighted by atomic mass is 9.77. The standard InChI is InChI=1S/C14H19NO2/c1-10(2)15(9-14(16)17)8-12-7-11-5-3-4-6-13(11)12/h3-6,10,12H,7-9H2,1-2H3,(H,16,17). The molecular weight excluding hydrogens is 214 g/mol. The first-order chi connectivity index (χ1) is 8.08. The Hall–Kier alpha value is -1.35. The van der Waals surface area contributed by atoms with Crippen LogP contribution in [0.4, 0.5) is 0 Å². The molecule has 0 saturated heterocycles. The zero-order valence-corrected chi connectivity index (χ0v) is 10.4. The SMILES string of the molecule is CC(C)N(CC(=O)O)CC1Cc2ccccc21. The monoisotopic (exact) mass is 233 g/mol.